The Hall–Kier alpha value is -6.96. The average Bonchev–Trinajstić information content (AvgIpc) is 3.47. The maximum Gasteiger partial charge on any atom is 0.164 e. The van der Waals surface area contributed by atoms with Crippen molar-refractivity contribution < 1.29 is 4.39 Å². The van der Waals surface area contributed by atoms with Crippen LogP contribution in [0.15, 0.2) is 140 Å². The molecule has 0 unspecified atom stereocenters. The summed E-state index contributed by atoms with van der Waals surface area (Å²) < 4.78 is 16.8. The van der Waals surface area contributed by atoms with Gasteiger partial charge in [-0.3, -0.25) is 0 Å². The average molecular weight is 619 g/mol. The quantitative estimate of drug-likeness (QED) is 0.192. The van der Waals surface area contributed by atoms with E-state index in [1.807, 2.05) is 109 Å². The second-order valence-corrected chi connectivity index (χ2v) is 11.3. The smallest absolute Gasteiger partial charge is 0.164 e. The molecule has 48 heavy (non-hydrogen) atoms. The summed E-state index contributed by atoms with van der Waals surface area (Å²) in [5, 5.41) is 21.1. The predicted molar refractivity (Wildman–Crippen MR) is 185 cm³/mol. The molecule has 0 amide bonds. The minimum absolute atomic E-state index is 0.348. The van der Waals surface area contributed by atoms with Crippen LogP contribution in [0.3, 0.4) is 0 Å². The lowest BCUT2D eigenvalue weighted by Gasteiger charge is -2.16. The molecule has 0 aliphatic heterocycles. The van der Waals surface area contributed by atoms with Crippen LogP contribution in [0.1, 0.15) is 11.1 Å². The fourth-order valence-corrected chi connectivity index (χ4v) is 6.12. The van der Waals surface area contributed by atoms with Crippen molar-refractivity contribution in [2.75, 3.05) is 0 Å². The summed E-state index contributed by atoms with van der Waals surface area (Å²) in [6.45, 7) is 0. The van der Waals surface area contributed by atoms with Crippen LogP contribution in [0, 0.1) is 28.5 Å². The highest BCUT2D eigenvalue weighted by Gasteiger charge is 2.20. The third-order valence-electron chi connectivity index (χ3n) is 8.36. The predicted octanol–water partition coefficient (Wildman–Crippen LogP) is 9.52. The molecule has 7 heteroatoms. The number of fused-ring (bicyclic) bond motifs is 3. The van der Waals surface area contributed by atoms with Gasteiger partial charge in [-0.05, 0) is 60.2 Å². The minimum Gasteiger partial charge on any atom is -0.309 e. The summed E-state index contributed by atoms with van der Waals surface area (Å²) in [4.78, 5) is 14.7. The van der Waals surface area contributed by atoms with E-state index in [-0.39, 0.29) is 5.82 Å². The molecule has 0 bridgehead atoms. The fraction of sp³-hybridized carbons (Fsp3) is 0. The lowest BCUT2D eigenvalue weighted by atomic mass is 10.00. The summed E-state index contributed by atoms with van der Waals surface area (Å²) in [6.07, 6.45) is 0. The van der Waals surface area contributed by atoms with Gasteiger partial charge in [0.25, 0.3) is 0 Å². The van der Waals surface area contributed by atoms with Crippen LogP contribution in [0.25, 0.3) is 72.8 Å². The van der Waals surface area contributed by atoms with Gasteiger partial charge in [-0.25, -0.2) is 19.3 Å². The topological polar surface area (TPSA) is 91.2 Å². The molecule has 0 fully saturated rings. The Labute approximate surface area is 275 Å². The van der Waals surface area contributed by atoms with E-state index in [0.717, 1.165) is 49.7 Å². The Kier molecular flexibility index (Phi) is 6.98. The minimum atomic E-state index is -0.348. The number of aromatic nitrogens is 4. The van der Waals surface area contributed by atoms with E-state index in [9.17, 15) is 14.9 Å². The summed E-state index contributed by atoms with van der Waals surface area (Å²) in [5.41, 5.74) is 7.38. The zero-order valence-corrected chi connectivity index (χ0v) is 25.3. The highest BCUT2D eigenvalue weighted by molar-refractivity contribution is 6.10. The van der Waals surface area contributed by atoms with E-state index < -0.39 is 0 Å². The van der Waals surface area contributed by atoms with Crippen molar-refractivity contribution in [3.05, 3.63) is 156 Å². The van der Waals surface area contributed by atoms with Gasteiger partial charge in [0, 0.05) is 33.0 Å². The van der Waals surface area contributed by atoms with Crippen molar-refractivity contribution in [1.82, 2.24) is 19.5 Å². The lowest BCUT2D eigenvalue weighted by molar-refractivity contribution is 0.628. The Balaban J connectivity index is 1.43. The highest BCUT2D eigenvalue weighted by Crippen LogP contribution is 2.39. The summed E-state index contributed by atoms with van der Waals surface area (Å²) in [7, 11) is 0. The van der Waals surface area contributed by atoms with E-state index in [4.69, 9.17) is 15.0 Å². The second-order valence-electron chi connectivity index (χ2n) is 11.3. The second kappa shape index (κ2) is 11.8. The van der Waals surface area contributed by atoms with Crippen molar-refractivity contribution >= 4 is 21.8 Å². The summed E-state index contributed by atoms with van der Waals surface area (Å²) in [5.74, 6) is 1.22. The number of hydrogen-bond donors (Lipinski definition) is 0. The van der Waals surface area contributed by atoms with Crippen LogP contribution in [0.2, 0.25) is 0 Å². The standard InChI is InChI=1S/C41H23FN6/c42-32-13-7-12-30(22-32)33-17-16-31(41-46-39(28-8-3-1-4-9-28)45-40(47-41)29-10-5-2-6-11-29)23-38(33)48-36-18-14-26(24-43)20-34(36)35-21-27(25-44)15-19-37(35)48/h1-23H. The van der Waals surface area contributed by atoms with Crippen molar-refractivity contribution in [3.63, 3.8) is 0 Å². The van der Waals surface area contributed by atoms with Gasteiger partial charge in [0.2, 0.25) is 0 Å². The molecular formula is C41H23FN6. The van der Waals surface area contributed by atoms with Crippen molar-refractivity contribution in [2.24, 2.45) is 0 Å². The molecule has 0 aliphatic rings. The van der Waals surface area contributed by atoms with Crippen molar-refractivity contribution in [3.8, 4) is 63.1 Å². The first kappa shape index (κ1) is 28.5. The first-order valence-corrected chi connectivity index (χ1v) is 15.3. The molecular weight excluding hydrogens is 595 g/mol. The number of nitriles is 2. The third kappa shape index (κ3) is 5.02. The first-order chi connectivity index (χ1) is 23.6. The van der Waals surface area contributed by atoms with Crippen LogP contribution in [0.5, 0.6) is 0 Å². The van der Waals surface area contributed by atoms with Gasteiger partial charge in [-0.15, -0.1) is 0 Å². The molecule has 0 saturated carbocycles. The zero-order valence-electron chi connectivity index (χ0n) is 25.3. The normalized spacial score (nSPS) is 11.0. The summed E-state index contributed by atoms with van der Waals surface area (Å²) >= 11 is 0. The molecule has 2 heterocycles. The van der Waals surface area contributed by atoms with Crippen LogP contribution in [0.4, 0.5) is 4.39 Å². The van der Waals surface area contributed by atoms with Gasteiger partial charge in [0.1, 0.15) is 5.82 Å². The molecule has 2 aromatic heterocycles. The lowest BCUT2D eigenvalue weighted by Crippen LogP contribution is -2.02. The number of benzene rings is 6. The highest BCUT2D eigenvalue weighted by atomic mass is 19.1. The van der Waals surface area contributed by atoms with Crippen LogP contribution >= 0.6 is 0 Å². The largest absolute Gasteiger partial charge is 0.309 e. The fourth-order valence-electron chi connectivity index (χ4n) is 6.12. The SMILES string of the molecule is N#Cc1ccc2c(c1)c1cc(C#N)ccc1n2-c1cc(-c2nc(-c3ccccc3)nc(-c3ccccc3)n2)ccc1-c1cccc(F)c1. The van der Waals surface area contributed by atoms with Gasteiger partial charge >= 0.3 is 0 Å². The Morgan fingerprint density at radius 3 is 1.52 bits per heavy atom. The van der Waals surface area contributed by atoms with E-state index in [2.05, 4.69) is 16.7 Å². The number of rotatable bonds is 5. The van der Waals surface area contributed by atoms with E-state index >= 15 is 0 Å². The van der Waals surface area contributed by atoms with Crippen LogP contribution < -0.4 is 0 Å². The maximum atomic E-state index is 14.7. The number of halogens is 1. The van der Waals surface area contributed by atoms with E-state index in [1.54, 1.807) is 18.2 Å². The third-order valence-corrected chi connectivity index (χ3v) is 8.36. The molecule has 0 N–H and O–H groups in total. The van der Waals surface area contributed by atoms with Gasteiger partial charge in [-0.2, -0.15) is 10.5 Å². The van der Waals surface area contributed by atoms with E-state index in [1.165, 1.54) is 12.1 Å². The van der Waals surface area contributed by atoms with Crippen molar-refractivity contribution in [2.45, 2.75) is 0 Å². The molecule has 224 valence electrons. The van der Waals surface area contributed by atoms with Crippen molar-refractivity contribution in [1.29, 1.82) is 10.5 Å². The van der Waals surface area contributed by atoms with Gasteiger partial charge in [-0.1, -0.05) is 84.9 Å². The maximum absolute atomic E-state index is 14.7. The first-order valence-electron chi connectivity index (χ1n) is 15.3. The van der Waals surface area contributed by atoms with Crippen LogP contribution in [-0.4, -0.2) is 19.5 Å². The van der Waals surface area contributed by atoms with Gasteiger partial charge < -0.3 is 4.57 Å². The molecule has 0 spiro atoms. The molecule has 6 aromatic carbocycles. The molecule has 0 atom stereocenters. The van der Waals surface area contributed by atoms with Crippen LogP contribution in [-0.2, 0) is 0 Å². The Morgan fingerprint density at radius 1 is 0.479 bits per heavy atom. The monoisotopic (exact) mass is 618 g/mol. The molecule has 8 rings (SSSR count). The molecule has 0 aliphatic carbocycles. The van der Waals surface area contributed by atoms with Gasteiger partial charge in [0.15, 0.2) is 17.5 Å². The summed E-state index contributed by atoms with van der Waals surface area (Å²) in [6, 6.07) is 47.5. The van der Waals surface area contributed by atoms with Gasteiger partial charge in [0.05, 0.1) is 40.0 Å². The zero-order chi connectivity index (χ0) is 32.6. The number of hydrogen-bond acceptors (Lipinski definition) is 5. The number of nitrogens with zero attached hydrogens (tertiary/aromatic N) is 6. The van der Waals surface area contributed by atoms with E-state index in [0.29, 0.717) is 34.2 Å². The Morgan fingerprint density at radius 2 is 1.00 bits per heavy atom. The molecule has 0 saturated heterocycles. The Bertz CT molecular complexity index is 2470. The molecule has 0 radical (unpaired) electrons. The molecule has 6 nitrogen and oxygen atoms in total. The molecule has 8 aromatic rings.